The summed E-state index contributed by atoms with van der Waals surface area (Å²) < 4.78 is 86.9. The van der Waals surface area contributed by atoms with Crippen molar-refractivity contribution >= 4 is 17.9 Å². The Balaban J connectivity index is 2.15. The summed E-state index contributed by atoms with van der Waals surface area (Å²) in [6.07, 6.45) is -4.59. The third-order valence-electron chi connectivity index (χ3n) is 5.25. The van der Waals surface area contributed by atoms with Gasteiger partial charge in [-0.15, -0.1) is 0 Å². The lowest BCUT2D eigenvalue weighted by molar-refractivity contribution is -0.141. The van der Waals surface area contributed by atoms with Gasteiger partial charge in [-0.25, -0.2) is 14.4 Å². The Bertz CT molecular complexity index is 1580. The first-order valence-corrected chi connectivity index (χ1v) is 11.6. The van der Waals surface area contributed by atoms with Gasteiger partial charge >= 0.3 is 30.2 Å². The van der Waals surface area contributed by atoms with Gasteiger partial charge in [-0.1, -0.05) is 50.1 Å². The number of rotatable bonds is 10. The van der Waals surface area contributed by atoms with Gasteiger partial charge in [0.1, 0.15) is 23.0 Å². The quantitative estimate of drug-likeness (QED) is 0.0803. The maximum atomic E-state index is 13.7. The second-order valence-corrected chi connectivity index (χ2v) is 7.98. The van der Waals surface area contributed by atoms with Crippen LogP contribution in [0.25, 0.3) is 22.3 Å². The minimum atomic E-state index is -4.86. The molecule has 0 aromatic heterocycles. The molecular weight excluding hydrogens is 567 g/mol. The minimum absolute atomic E-state index is 0.0460. The number of hydrogen-bond donors (Lipinski definition) is 0. The Morgan fingerprint density at radius 3 is 1.69 bits per heavy atom. The van der Waals surface area contributed by atoms with E-state index in [1.165, 1.54) is 30.3 Å². The van der Waals surface area contributed by atoms with E-state index < -0.39 is 41.5 Å². The van der Waals surface area contributed by atoms with Crippen molar-refractivity contribution in [2.24, 2.45) is 0 Å². The predicted molar refractivity (Wildman–Crippen MR) is 141 cm³/mol. The van der Waals surface area contributed by atoms with Crippen LogP contribution >= 0.6 is 0 Å². The fraction of sp³-hybridized carbons (Fsp3) is 0.0333. The average Bonchev–Trinajstić information content (AvgIpc) is 2.95. The SMILES string of the molecule is C=CC(=O)Oc1cc(OC=C(F)F)c(-c2ccc(-c3ccc(OC(=O)C=C)c(C(F)(F)F)c3)cc2)c(OC(=O)C=C)c1. The highest BCUT2D eigenvalue weighted by Crippen LogP contribution is 2.44. The van der Waals surface area contributed by atoms with Crippen molar-refractivity contribution in [1.29, 1.82) is 0 Å². The maximum Gasteiger partial charge on any atom is 0.420 e. The molecule has 0 fully saturated rings. The summed E-state index contributed by atoms with van der Waals surface area (Å²) >= 11 is 0. The first kappa shape index (κ1) is 31.0. The zero-order valence-electron chi connectivity index (χ0n) is 21.4. The lowest BCUT2D eigenvalue weighted by atomic mass is 9.97. The van der Waals surface area contributed by atoms with Crippen LogP contribution in [0.15, 0.2) is 105 Å². The summed E-state index contributed by atoms with van der Waals surface area (Å²) in [7, 11) is 0. The molecule has 3 rings (SSSR count). The summed E-state index contributed by atoms with van der Waals surface area (Å²) in [5.74, 6) is -4.50. The number of carbonyl (C=O) groups excluding carboxylic acids is 3. The van der Waals surface area contributed by atoms with Gasteiger partial charge in [0.2, 0.25) is 0 Å². The number of ether oxygens (including phenoxy) is 4. The van der Waals surface area contributed by atoms with Crippen molar-refractivity contribution in [3.05, 3.63) is 110 Å². The zero-order chi connectivity index (χ0) is 31.0. The van der Waals surface area contributed by atoms with Crippen molar-refractivity contribution in [2.45, 2.75) is 6.18 Å². The lowest BCUT2D eigenvalue weighted by Gasteiger charge is -2.17. The molecule has 42 heavy (non-hydrogen) atoms. The van der Waals surface area contributed by atoms with Crippen LogP contribution in [0, 0.1) is 0 Å². The van der Waals surface area contributed by atoms with E-state index in [4.69, 9.17) is 18.9 Å². The predicted octanol–water partition coefficient (Wildman–Crippen LogP) is 7.43. The van der Waals surface area contributed by atoms with Gasteiger partial charge in [0.25, 0.3) is 0 Å². The smallest absolute Gasteiger partial charge is 0.420 e. The van der Waals surface area contributed by atoms with Crippen LogP contribution in [0.4, 0.5) is 22.0 Å². The molecule has 0 aliphatic heterocycles. The highest BCUT2D eigenvalue weighted by atomic mass is 19.4. The number of halogens is 5. The van der Waals surface area contributed by atoms with E-state index >= 15 is 0 Å². The second kappa shape index (κ2) is 13.2. The molecule has 0 saturated heterocycles. The molecule has 0 unspecified atom stereocenters. The fourth-order valence-corrected chi connectivity index (χ4v) is 3.50. The zero-order valence-corrected chi connectivity index (χ0v) is 21.4. The van der Waals surface area contributed by atoms with E-state index in [9.17, 15) is 36.3 Å². The van der Waals surface area contributed by atoms with E-state index in [0.717, 1.165) is 42.5 Å². The van der Waals surface area contributed by atoms with Gasteiger partial charge in [-0.3, -0.25) is 0 Å². The third-order valence-corrected chi connectivity index (χ3v) is 5.25. The van der Waals surface area contributed by atoms with Gasteiger partial charge < -0.3 is 18.9 Å². The van der Waals surface area contributed by atoms with Crippen molar-refractivity contribution in [2.75, 3.05) is 0 Å². The van der Waals surface area contributed by atoms with Gasteiger partial charge in [0.05, 0.1) is 11.1 Å². The van der Waals surface area contributed by atoms with Crippen molar-refractivity contribution in [1.82, 2.24) is 0 Å². The van der Waals surface area contributed by atoms with E-state index in [0.29, 0.717) is 0 Å². The summed E-state index contributed by atoms with van der Waals surface area (Å²) in [5, 5.41) is 0. The van der Waals surface area contributed by atoms with Crippen molar-refractivity contribution in [3.63, 3.8) is 0 Å². The Morgan fingerprint density at radius 1 is 0.643 bits per heavy atom. The van der Waals surface area contributed by atoms with Crippen LogP contribution < -0.4 is 18.9 Å². The molecule has 0 N–H and O–H groups in total. The molecular formula is C30H19F5O7. The Morgan fingerprint density at radius 2 is 1.14 bits per heavy atom. The Kier molecular flexibility index (Phi) is 9.76. The summed E-state index contributed by atoms with van der Waals surface area (Å²) in [4.78, 5) is 35.2. The van der Waals surface area contributed by atoms with E-state index in [2.05, 4.69) is 19.7 Å². The molecule has 0 bridgehead atoms. The normalized spacial score (nSPS) is 10.6. The van der Waals surface area contributed by atoms with E-state index in [-0.39, 0.29) is 45.8 Å². The molecule has 0 heterocycles. The number of esters is 3. The largest absolute Gasteiger partial charge is 0.458 e. The minimum Gasteiger partial charge on any atom is -0.458 e. The summed E-state index contributed by atoms with van der Waals surface area (Å²) in [5.41, 5.74) is -0.670. The van der Waals surface area contributed by atoms with Gasteiger partial charge in [-0.05, 0) is 28.8 Å². The molecule has 0 radical (unpaired) electrons. The standard InChI is InChI=1S/C30H19F5O7/c1-4-26(36)40-20-14-23(39-16-25(31)32)29(24(15-20)42-28(38)6-3)18-9-7-17(8-10-18)19-11-12-22(41-27(37)5-2)21(13-19)30(33,34)35/h4-16H,1-3H2. The Labute approximate surface area is 235 Å². The number of benzene rings is 3. The van der Waals surface area contributed by atoms with Crippen molar-refractivity contribution in [3.8, 4) is 45.3 Å². The highest BCUT2D eigenvalue weighted by Gasteiger charge is 2.35. The van der Waals surface area contributed by atoms with Crippen LogP contribution in [-0.4, -0.2) is 17.9 Å². The van der Waals surface area contributed by atoms with Crippen LogP contribution in [-0.2, 0) is 20.6 Å². The lowest BCUT2D eigenvalue weighted by Crippen LogP contribution is -2.12. The third kappa shape index (κ3) is 7.78. The van der Waals surface area contributed by atoms with E-state index in [1.54, 1.807) is 0 Å². The number of carbonyl (C=O) groups is 3. The highest BCUT2D eigenvalue weighted by molar-refractivity contribution is 5.89. The molecule has 7 nitrogen and oxygen atoms in total. The molecule has 0 spiro atoms. The summed E-state index contributed by atoms with van der Waals surface area (Å²) in [6.45, 7) is 9.71. The first-order chi connectivity index (χ1) is 19.9. The molecule has 216 valence electrons. The van der Waals surface area contributed by atoms with E-state index in [1.807, 2.05) is 0 Å². The maximum absolute atomic E-state index is 13.7. The molecule has 3 aromatic carbocycles. The fourth-order valence-electron chi connectivity index (χ4n) is 3.50. The molecule has 0 amide bonds. The van der Waals surface area contributed by atoms with Crippen LogP contribution in [0.1, 0.15) is 5.56 Å². The summed E-state index contributed by atoms with van der Waals surface area (Å²) in [6, 6.07) is 10.8. The second-order valence-electron chi connectivity index (χ2n) is 7.98. The number of alkyl halides is 3. The molecule has 0 aliphatic rings. The van der Waals surface area contributed by atoms with Gasteiger partial charge in [0.15, 0.2) is 6.26 Å². The Hall–Kier alpha value is -5.52. The van der Waals surface area contributed by atoms with Crippen molar-refractivity contribution < 1.29 is 55.3 Å². The number of hydrogen-bond acceptors (Lipinski definition) is 7. The van der Waals surface area contributed by atoms with Crippen LogP contribution in [0.2, 0.25) is 0 Å². The van der Waals surface area contributed by atoms with Crippen LogP contribution in [0.5, 0.6) is 23.0 Å². The molecule has 12 heteroatoms. The monoisotopic (exact) mass is 586 g/mol. The molecule has 0 atom stereocenters. The molecule has 3 aromatic rings. The topological polar surface area (TPSA) is 88.1 Å². The molecule has 0 aliphatic carbocycles. The first-order valence-electron chi connectivity index (χ1n) is 11.6. The molecule has 0 saturated carbocycles. The van der Waals surface area contributed by atoms with Gasteiger partial charge in [0, 0.05) is 30.4 Å². The van der Waals surface area contributed by atoms with Gasteiger partial charge in [-0.2, -0.15) is 22.0 Å². The average molecular weight is 586 g/mol. The van der Waals surface area contributed by atoms with Crippen LogP contribution in [0.3, 0.4) is 0 Å².